The predicted molar refractivity (Wildman–Crippen MR) is 68.5 cm³/mol. The highest BCUT2D eigenvalue weighted by molar-refractivity contribution is 5.88. The van der Waals surface area contributed by atoms with Gasteiger partial charge in [-0.05, 0) is 25.1 Å². The van der Waals surface area contributed by atoms with Crippen molar-refractivity contribution in [3.63, 3.8) is 0 Å². The molecule has 2 rings (SSSR count). The standard InChI is InChI=1S/C13H10F3N3O2/c1-7-10(11(20)21)6-17-12(18-7)19-9-4-2-3-8(5-9)13(14,15)16/h2-6H,1H3,(H,20,21)(H,17,18,19). The summed E-state index contributed by atoms with van der Waals surface area (Å²) in [6, 6.07) is 4.55. The van der Waals surface area contributed by atoms with Crippen molar-refractivity contribution < 1.29 is 23.1 Å². The quantitative estimate of drug-likeness (QED) is 0.909. The molecule has 1 aromatic heterocycles. The number of rotatable bonds is 3. The van der Waals surface area contributed by atoms with Crippen LogP contribution in [0.1, 0.15) is 21.6 Å². The first-order valence-corrected chi connectivity index (χ1v) is 5.78. The summed E-state index contributed by atoms with van der Waals surface area (Å²) in [5, 5.41) is 11.5. The second kappa shape index (κ2) is 5.39. The lowest BCUT2D eigenvalue weighted by Gasteiger charge is -2.10. The Morgan fingerprint density at radius 2 is 2.05 bits per heavy atom. The number of aryl methyl sites for hydroxylation is 1. The molecule has 0 fully saturated rings. The molecule has 110 valence electrons. The molecule has 0 spiro atoms. The van der Waals surface area contributed by atoms with Crippen LogP contribution >= 0.6 is 0 Å². The summed E-state index contributed by atoms with van der Waals surface area (Å²) in [5.74, 6) is -1.14. The summed E-state index contributed by atoms with van der Waals surface area (Å²) >= 11 is 0. The third-order valence-corrected chi connectivity index (χ3v) is 2.66. The van der Waals surface area contributed by atoms with Crippen LogP contribution in [0.3, 0.4) is 0 Å². The molecule has 0 saturated carbocycles. The molecule has 2 aromatic rings. The molecule has 0 aliphatic rings. The Hall–Kier alpha value is -2.64. The lowest BCUT2D eigenvalue weighted by atomic mass is 10.2. The maximum Gasteiger partial charge on any atom is 0.416 e. The van der Waals surface area contributed by atoms with Gasteiger partial charge in [0, 0.05) is 11.9 Å². The van der Waals surface area contributed by atoms with E-state index in [9.17, 15) is 18.0 Å². The number of halogens is 3. The lowest BCUT2D eigenvalue weighted by molar-refractivity contribution is -0.137. The van der Waals surface area contributed by atoms with Gasteiger partial charge in [0.2, 0.25) is 5.95 Å². The number of carboxylic acid groups (broad SMARTS) is 1. The Labute approximate surface area is 117 Å². The normalized spacial score (nSPS) is 11.2. The number of aromatic carboxylic acids is 1. The molecular formula is C13H10F3N3O2. The number of nitrogens with one attached hydrogen (secondary N) is 1. The highest BCUT2D eigenvalue weighted by Crippen LogP contribution is 2.31. The molecule has 1 aromatic carbocycles. The Kier molecular flexibility index (Phi) is 3.79. The fourth-order valence-corrected chi connectivity index (χ4v) is 1.64. The third kappa shape index (κ3) is 3.47. The molecule has 0 aliphatic carbocycles. The van der Waals surface area contributed by atoms with Gasteiger partial charge in [-0.2, -0.15) is 13.2 Å². The largest absolute Gasteiger partial charge is 0.478 e. The zero-order chi connectivity index (χ0) is 15.6. The van der Waals surface area contributed by atoms with Gasteiger partial charge in [0.05, 0.1) is 16.8 Å². The summed E-state index contributed by atoms with van der Waals surface area (Å²) in [6.07, 6.45) is -3.35. The van der Waals surface area contributed by atoms with E-state index in [1.165, 1.54) is 19.1 Å². The number of alkyl halides is 3. The van der Waals surface area contributed by atoms with Crippen LogP contribution in [-0.2, 0) is 6.18 Å². The van der Waals surface area contributed by atoms with Crippen LogP contribution < -0.4 is 5.32 Å². The van der Waals surface area contributed by atoms with Gasteiger partial charge in [0.1, 0.15) is 0 Å². The molecule has 5 nitrogen and oxygen atoms in total. The third-order valence-electron chi connectivity index (χ3n) is 2.66. The van der Waals surface area contributed by atoms with Gasteiger partial charge >= 0.3 is 12.1 Å². The SMILES string of the molecule is Cc1nc(Nc2cccc(C(F)(F)F)c2)ncc1C(=O)O. The van der Waals surface area contributed by atoms with Crippen LogP contribution in [-0.4, -0.2) is 21.0 Å². The molecule has 0 unspecified atom stereocenters. The molecule has 8 heteroatoms. The van der Waals surface area contributed by atoms with Gasteiger partial charge < -0.3 is 10.4 Å². The summed E-state index contributed by atoms with van der Waals surface area (Å²) in [5.41, 5.74) is -0.491. The van der Waals surface area contributed by atoms with Crippen molar-refractivity contribution in [3.05, 3.63) is 47.3 Å². The molecule has 1 heterocycles. The number of carboxylic acids is 1. The van der Waals surface area contributed by atoms with Crippen LogP contribution in [0, 0.1) is 6.92 Å². The number of benzene rings is 1. The smallest absolute Gasteiger partial charge is 0.416 e. The van der Waals surface area contributed by atoms with Crippen molar-refractivity contribution in [1.82, 2.24) is 9.97 Å². The van der Waals surface area contributed by atoms with Gasteiger partial charge in [-0.15, -0.1) is 0 Å². The van der Waals surface area contributed by atoms with Crippen molar-refractivity contribution >= 4 is 17.6 Å². The van der Waals surface area contributed by atoms with Gasteiger partial charge in [0.25, 0.3) is 0 Å². The Bertz CT molecular complexity index is 687. The van der Waals surface area contributed by atoms with Gasteiger partial charge in [-0.3, -0.25) is 0 Å². The summed E-state index contributed by atoms with van der Waals surface area (Å²) in [4.78, 5) is 18.5. The highest BCUT2D eigenvalue weighted by atomic mass is 19.4. The molecule has 0 radical (unpaired) electrons. The first kappa shape index (κ1) is 14.8. The van der Waals surface area contributed by atoms with Gasteiger partial charge in [-0.1, -0.05) is 6.07 Å². The van der Waals surface area contributed by atoms with Crippen LogP contribution in [0.4, 0.5) is 24.8 Å². The zero-order valence-electron chi connectivity index (χ0n) is 10.8. The average Bonchev–Trinajstić information content (AvgIpc) is 2.37. The molecule has 21 heavy (non-hydrogen) atoms. The van der Waals surface area contributed by atoms with E-state index in [0.717, 1.165) is 18.3 Å². The molecular weight excluding hydrogens is 287 g/mol. The van der Waals surface area contributed by atoms with Crippen molar-refractivity contribution in [1.29, 1.82) is 0 Å². The molecule has 0 amide bonds. The average molecular weight is 297 g/mol. The maximum atomic E-state index is 12.6. The van der Waals surface area contributed by atoms with Crippen LogP contribution in [0.2, 0.25) is 0 Å². The minimum atomic E-state index is -4.44. The number of carbonyl (C=O) groups is 1. The molecule has 0 saturated heterocycles. The zero-order valence-corrected chi connectivity index (χ0v) is 10.8. The van der Waals surface area contributed by atoms with E-state index >= 15 is 0 Å². The fraction of sp³-hybridized carbons (Fsp3) is 0.154. The van der Waals surface area contributed by atoms with Crippen LogP contribution in [0.25, 0.3) is 0 Å². The summed E-state index contributed by atoms with van der Waals surface area (Å²) in [6.45, 7) is 1.47. The summed E-state index contributed by atoms with van der Waals surface area (Å²) < 4.78 is 37.8. The molecule has 0 aliphatic heterocycles. The maximum absolute atomic E-state index is 12.6. The van der Waals surface area contributed by atoms with Crippen molar-refractivity contribution in [2.24, 2.45) is 0 Å². The second-order valence-electron chi connectivity index (χ2n) is 4.20. The van der Waals surface area contributed by atoms with E-state index < -0.39 is 17.7 Å². The highest BCUT2D eigenvalue weighted by Gasteiger charge is 2.30. The predicted octanol–water partition coefficient (Wildman–Crippen LogP) is 3.25. The minimum Gasteiger partial charge on any atom is -0.478 e. The number of aromatic nitrogens is 2. The molecule has 0 bridgehead atoms. The number of anilines is 2. The first-order valence-electron chi connectivity index (χ1n) is 5.78. The van der Waals surface area contributed by atoms with Crippen molar-refractivity contribution in [2.75, 3.05) is 5.32 Å². The Balaban J connectivity index is 2.27. The summed E-state index contributed by atoms with van der Waals surface area (Å²) in [7, 11) is 0. The first-order chi connectivity index (χ1) is 9.77. The lowest BCUT2D eigenvalue weighted by Crippen LogP contribution is -2.07. The van der Waals surface area contributed by atoms with E-state index in [1.54, 1.807) is 0 Å². The van der Waals surface area contributed by atoms with E-state index in [4.69, 9.17) is 5.11 Å². The number of nitrogens with zero attached hydrogens (tertiary/aromatic N) is 2. The number of hydrogen-bond acceptors (Lipinski definition) is 4. The number of hydrogen-bond donors (Lipinski definition) is 2. The van der Waals surface area contributed by atoms with E-state index in [1.807, 2.05) is 0 Å². The van der Waals surface area contributed by atoms with Crippen LogP contribution in [0.15, 0.2) is 30.5 Å². The van der Waals surface area contributed by atoms with Crippen molar-refractivity contribution in [2.45, 2.75) is 13.1 Å². The Morgan fingerprint density at radius 1 is 1.33 bits per heavy atom. The molecule has 0 atom stereocenters. The fourth-order valence-electron chi connectivity index (χ4n) is 1.64. The van der Waals surface area contributed by atoms with E-state index in [2.05, 4.69) is 15.3 Å². The van der Waals surface area contributed by atoms with Gasteiger partial charge in [0.15, 0.2) is 0 Å². The molecule has 2 N–H and O–H groups in total. The van der Waals surface area contributed by atoms with Gasteiger partial charge in [-0.25, -0.2) is 14.8 Å². The van der Waals surface area contributed by atoms with E-state index in [-0.39, 0.29) is 22.9 Å². The monoisotopic (exact) mass is 297 g/mol. The Morgan fingerprint density at radius 3 is 2.62 bits per heavy atom. The minimum absolute atomic E-state index is 0.0248. The second-order valence-corrected chi connectivity index (χ2v) is 4.20. The van der Waals surface area contributed by atoms with Crippen molar-refractivity contribution in [3.8, 4) is 0 Å². The van der Waals surface area contributed by atoms with E-state index in [0.29, 0.717) is 0 Å². The van der Waals surface area contributed by atoms with Crippen LogP contribution in [0.5, 0.6) is 0 Å². The topological polar surface area (TPSA) is 75.1 Å².